The van der Waals surface area contributed by atoms with Crippen LogP contribution in [0, 0.1) is 12.8 Å². The van der Waals surface area contributed by atoms with Crippen LogP contribution in [0.3, 0.4) is 0 Å². The molecule has 0 aromatic heterocycles. The number of anilines is 1. The minimum atomic E-state index is 0. The molecular formula is C14H21ClN2O2. The number of phenols is 1. The van der Waals surface area contributed by atoms with E-state index in [0.29, 0.717) is 11.7 Å². The molecule has 2 atom stereocenters. The van der Waals surface area contributed by atoms with Crippen molar-refractivity contribution >= 4 is 24.0 Å². The lowest BCUT2D eigenvalue weighted by Crippen LogP contribution is -2.40. The predicted octanol–water partition coefficient (Wildman–Crippen LogP) is 2.45. The van der Waals surface area contributed by atoms with Crippen LogP contribution in [0.5, 0.6) is 5.75 Å². The largest absolute Gasteiger partial charge is 0.506 e. The van der Waals surface area contributed by atoms with E-state index in [-0.39, 0.29) is 30.0 Å². The number of halogens is 1. The van der Waals surface area contributed by atoms with Crippen molar-refractivity contribution in [3.05, 3.63) is 23.8 Å². The average Bonchev–Trinajstić information content (AvgIpc) is 2.34. The molecule has 0 bridgehead atoms. The number of carbonyl (C=O) groups is 1. The smallest absolute Gasteiger partial charge is 0.227 e. The summed E-state index contributed by atoms with van der Waals surface area (Å²) in [6.45, 7) is 4.89. The fourth-order valence-corrected chi connectivity index (χ4v) is 2.35. The summed E-state index contributed by atoms with van der Waals surface area (Å²) < 4.78 is 0. The Labute approximate surface area is 120 Å². The number of amides is 1. The molecule has 1 saturated heterocycles. The highest BCUT2D eigenvalue weighted by molar-refractivity contribution is 5.94. The van der Waals surface area contributed by atoms with Gasteiger partial charge in [0.25, 0.3) is 0 Å². The molecular weight excluding hydrogens is 264 g/mol. The first kappa shape index (κ1) is 15.8. The maximum atomic E-state index is 12.1. The molecule has 1 fully saturated rings. The Morgan fingerprint density at radius 2 is 2.21 bits per heavy atom. The second-order valence-electron chi connectivity index (χ2n) is 5.09. The van der Waals surface area contributed by atoms with E-state index in [4.69, 9.17) is 0 Å². The summed E-state index contributed by atoms with van der Waals surface area (Å²) in [5.74, 6) is 0.154. The van der Waals surface area contributed by atoms with Crippen LogP contribution in [0.15, 0.2) is 18.2 Å². The molecule has 0 radical (unpaired) electrons. The standard InChI is InChI=1S/C14H20N2O2.ClH/c1-9-3-4-13(17)12(7-9)16-14(18)11-5-6-15-10(2)8-11;/h3-4,7,10-11,15,17H,5-6,8H2,1-2H3,(H,16,18);1H/t10-,11-;/m0./s1. The number of piperidine rings is 1. The number of rotatable bonds is 2. The zero-order chi connectivity index (χ0) is 13.1. The number of phenolic OH excluding ortho intramolecular Hbond substituents is 1. The molecule has 0 spiro atoms. The molecule has 1 aromatic rings. The van der Waals surface area contributed by atoms with Gasteiger partial charge in [0, 0.05) is 12.0 Å². The number of aromatic hydroxyl groups is 1. The molecule has 5 heteroatoms. The van der Waals surface area contributed by atoms with Crippen molar-refractivity contribution in [2.24, 2.45) is 5.92 Å². The number of carbonyl (C=O) groups excluding carboxylic acids is 1. The van der Waals surface area contributed by atoms with Crippen LogP contribution in [0.2, 0.25) is 0 Å². The molecule has 1 amide bonds. The Kier molecular flexibility index (Phi) is 5.63. The maximum absolute atomic E-state index is 12.1. The lowest BCUT2D eigenvalue weighted by molar-refractivity contribution is -0.120. The van der Waals surface area contributed by atoms with Gasteiger partial charge in [-0.25, -0.2) is 0 Å². The number of benzene rings is 1. The Hall–Kier alpha value is -1.26. The molecule has 0 saturated carbocycles. The van der Waals surface area contributed by atoms with Crippen molar-refractivity contribution in [2.75, 3.05) is 11.9 Å². The van der Waals surface area contributed by atoms with E-state index in [0.717, 1.165) is 24.9 Å². The minimum absolute atomic E-state index is 0. The van der Waals surface area contributed by atoms with Gasteiger partial charge in [0.15, 0.2) is 0 Å². The predicted molar refractivity (Wildman–Crippen MR) is 78.9 cm³/mol. The summed E-state index contributed by atoms with van der Waals surface area (Å²) in [4.78, 5) is 12.1. The van der Waals surface area contributed by atoms with Crippen LogP contribution in [-0.2, 0) is 4.79 Å². The van der Waals surface area contributed by atoms with E-state index >= 15 is 0 Å². The molecule has 1 aliphatic heterocycles. The van der Waals surface area contributed by atoms with E-state index < -0.39 is 0 Å². The first-order chi connectivity index (χ1) is 8.56. The number of hydrogen-bond acceptors (Lipinski definition) is 3. The molecule has 1 aliphatic rings. The molecule has 1 aromatic carbocycles. The van der Waals surface area contributed by atoms with Crippen molar-refractivity contribution in [1.29, 1.82) is 0 Å². The van der Waals surface area contributed by atoms with Crippen LogP contribution in [0.1, 0.15) is 25.3 Å². The van der Waals surface area contributed by atoms with Crippen molar-refractivity contribution in [1.82, 2.24) is 5.32 Å². The fraction of sp³-hybridized carbons (Fsp3) is 0.500. The summed E-state index contributed by atoms with van der Waals surface area (Å²) >= 11 is 0. The monoisotopic (exact) mass is 284 g/mol. The molecule has 0 unspecified atom stereocenters. The lowest BCUT2D eigenvalue weighted by atomic mass is 9.92. The third-order valence-corrected chi connectivity index (χ3v) is 3.40. The number of aryl methyl sites for hydroxylation is 1. The Morgan fingerprint density at radius 1 is 1.47 bits per heavy atom. The first-order valence-corrected chi connectivity index (χ1v) is 6.40. The van der Waals surface area contributed by atoms with Gasteiger partial charge in [-0.15, -0.1) is 12.4 Å². The fourth-order valence-electron chi connectivity index (χ4n) is 2.35. The summed E-state index contributed by atoms with van der Waals surface area (Å²) in [5, 5.41) is 15.9. The van der Waals surface area contributed by atoms with Crippen molar-refractivity contribution in [3.8, 4) is 5.75 Å². The van der Waals surface area contributed by atoms with Gasteiger partial charge < -0.3 is 15.7 Å². The van der Waals surface area contributed by atoms with Crippen LogP contribution >= 0.6 is 12.4 Å². The van der Waals surface area contributed by atoms with Crippen molar-refractivity contribution in [3.63, 3.8) is 0 Å². The van der Waals surface area contributed by atoms with Gasteiger partial charge in [0.05, 0.1) is 5.69 Å². The maximum Gasteiger partial charge on any atom is 0.227 e. The van der Waals surface area contributed by atoms with Gasteiger partial charge in [-0.1, -0.05) is 6.07 Å². The van der Waals surface area contributed by atoms with Crippen LogP contribution in [0.25, 0.3) is 0 Å². The Balaban J connectivity index is 0.00000180. The molecule has 106 valence electrons. The zero-order valence-corrected chi connectivity index (χ0v) is 12.1. The van der Waals surface area contributed by atoms with Gasteiger partial charge in [-0.2, -0.15) is 0 Å². The molecule has 1 heterocycles. The van der Waals surface area contributed by atoms with Gasteiger partial charge in [0.2, 0.25) is 5.91 Å². The summed E-state index contributed by atoms with van der Waals surface area (Å²) in [7, 11) is 0. The van der Waals surface area contributed by atoms with Gasteiger partial charge in [-0.05, 0) is 50.9 Å². The zero-order valence-electron chi connectivity index (χ0n) is 11.3. The first-order valence-electron chi connectivity index (χ1n) is 6.40. The van der Waals surface area contributed by atoms with Crippen LogP contribution in [-0.4, -0.2) is 23.6 Å². The van der Waals surface area contributed by atoms with E-state index in [1.807, 2.05) is 13.0 Å². The lowest BCUT2D eigenvalue weighted by Gasteiger charge is -2.27. The average molecular weight is 285 g/mol. The van der Waals surface area contributed by atoms with Crippen LogP contribution < -0.4 is 10.6 Å². The highest BCUT2D eigenvalue weighted by Crippen LogP contribution is 2.26. The second kappa shape index (κ2) is 6.78. The van der Waals surface area contributed by atoms with E-state index in [1.54, 1.807) is 12.1 Å². The molecule has 0 aliphatic carbocycles. The highest BCUT2D eigenvalue weighted by atomic mass is 35.5. The summed E-state index contributed by atoms with van der Waals surface area (Å²) in [6.07, 6.45) is 1.70. The third-order valence-electron chi connectivity index (χ3n) is 3.40. The normalized spacial score (nSPS) is 22.4. The van der Waals surface area contributed by atoms with Gasteiger partial charge >= 0.3 is 0 Å². The van der Waals surface area contributed by atoms with Crippen molar-refractivity contribution < 1.29 is 9.90 Å². The number of hydrogen-bond donors (Lipinski definition) is 3. The topological polar surface area (TPSA) is 61.4 Å². The van der Waals surface area contributed by atoms with Crippen molar-refractivity contribution in [2.45, 2.75) is 32.7 Å². The van der Waals surface area contributed by atoms with E-state index in [1.165, 1.54) is 0 Å². The summed E-state index contributed by atoms with van der Waals surface area (Å²) in [6, 6.07) is 5.59. The third kappa shape index (κ3) is 4.11. The second-order valence-corrected chi connectivity index (χ2v) is 5.09. The molecule has 2 rings (SSSR count). The van der Waals surface area contributed by atoms with Gasteiger partial charge in [-0.3, -0.25) is 4.79 Å². The van der Waals surface area contributed by atoms with Gasteiger partial charge in [0.1, 0.15) is 5.75 Å². The van der Waals surface area contributed by atoms with E-state index in [2.05, 4.69) is 17.6 Å². The summed E-state index contributed by atoms with van der Waals surface area (Å²) in [5.41, 5.74) is 1.52. The Morgan fingerprint density at radius 3 is 2.89 bits per heavy atom. The minimum Gasteiger partial charge on any atom is -0.506 e. The molecule has 3 N–H and O–H groups in total. The Bertz CT molecular complexity index is 451. The highest BCUT2D eigenvalue weighted by Gasteiger charge is 2.25. The molecule has 4 nitrogen and oxygen atoms in total. The van der Waals surface area contributed by atoms with E-state index in [9.17, 15) is 9.90 Å². The number of nitrogens with one attached hydrogen (secondary N) is 2. The quantitative estimate of drug-likeness (QED) is 0.731. The molecule has 19 heavy (non-hydrogen) atoms. The van der Waals surface area contributed by atoms with Crippen LogP contribution in [0.4, 0.5) is 5.69 Å². The SMILES string of the molecule is Cc1ccc(O)c(NC(=O)[C@H]2CCN[C@@H](C)C2)c1.Cl.